The predicted molar refractivity (Wildman–Crippen MR) is 136 cm³/mol. The largest absolute Gasteiger partial charge is 0.456 e. The maximum absolute atomic E-state index is 6.20. The quantitative estimate of drug-likeness (QED) is 0.398. The van der Waals surface area contributed by atoms with E-state index in [1.54, 1.807) is 0 Å². The average molecular weight is 439 g/mol. The van der Waals surface area contributed by atoms with Crippen molar-refractivity contribution in [2.24, 2.45) is 0 Å². The molecule has 0 amide bonds. The first kappa shape index (κ1) is 19.9. The second-order valence-electron chi connectivity index (χ2n) is 9.20. The van der Waals surface area contributed by atoms with Crippen LogP contribution in [0.2, 0.25) is 26.2 Å². The van der Waals surface area contributed by atoms with Crippen LogP contribution in [0.3, 0.4) is 0 Å². The van der Waals surface area contributed by atoms with E-state index in [1.165, 1.54) is 31.8 Å². The molecule has 0 saturated heterocycles. The van der Waals surface area contributed by atoms with Crippen molar-refractivity contribution in [2.75, 3.05) is 0 Å². The Labute approximate surface area is 184 Å². The van der Waals surface area contributed by atoms with Gasteiger partial charge < -0.3 is 4.42 Å². The van der Waals surface area contributed by atoms with E-state index < -0.39 is 16.1 Å². The van der Waals surface area contributed by atoms with E-state index in [0.29, 0.717) is 0 Å². The van der Waals surface area contributed by atoms with Crippen molar-refractivity contribution in [3.8, 4) is 0 Å². The van der Waals surface area contributed by atoms with Crippen LogP contribution in [0.5, 0.6) is 0 Å². The van der Waals surface area contributed by atoms with Crippen LogP contribution in [0.25, 0.3) is 21.9 Å². The van der Waals surface area contributed by atoms with Gasteiger partial charge in [-0.2, -0.15) is 0 Å². The molecule has 0 saturated carbocycles. The average Bonchev–Trinajstić information content (AvgIpc) is 3.17. The van der Waals surface area contributed by atoms with E-state index >= 15 is 0 Å². The highest BCUT2D eigenvalue weighted by Gasteiger charge is 2.30. The molecule has 0 radical (unpaired) electrons. The normalized spacial score (nSPS) is 12.5. The highest BCUT2D eigenvalue weighted by atomic mass is 28.3. The van der Waals surface area contributed by atoms with Gasteiger partial charge in [-0.3, -0.25) is 9.97 Å². The molecule has 5 heteroatoms. The van der Waals surface area contributed by atoms with Crippen molar-refractivity contribution in [1.82, 2.24) is 9.97 Å². The first-order valence-electron chi connectivity index (χ1n) is 10.7. The lowest BCUT2D eigenvalue weighted by Crippen LogP contribution is -2.54. The van der Waals surface area contributed by atoms with E-state index in [-0.39, 0.29) is 0 Å². The van der Waals surface area contributed by atoms with Crippen molar-refractivity contribution in [3.63, 3.8) is 0 Å². The van der Waals surface area contributed by atoms with Crippen LogP contribution >= 0.6 is 0 Å². The van der Waals surface area contributed by atoms with Crippen LogP contribution in [-0.2, 0) is 0 Å². The second kappa shape index (κ2) is 7.29. The number of rotatable bonds is 4. The molecule has 31 heavy (non-hydrogen) atoms. The maximum atomic E-state index is 6.20. The molecule has 0 unspecified atom stereocenters. The van der Waals surface area contributed by atoms with Crippen LogP contribution in [0.4, 0.5) is 0 Å². The lowest BCUT2D eigenvalue weighted by molar-refractivity contribution is 0.669. The predicted octanol–water partition coefficient (Wildman–Crippen LogP) is 4.02. The van der Waals surface area contributed by atoms with Gasteiger partial charge in [0.2, 0.25) is 0 Å². The molecule has 2 aromatic carbocycles. The second-order valence-corrected chi connectivity index (χ2v) is 17.9. The van der Waals surface area contributed by atoms with Gasteiger partial charge in [-0.1, -0.05) is 73.0 Å². The molecule has 154 valence electrons. The van der Waals surface area contributed by atoms with Crippen molar-refractivity contribution >= 4 is 59.1 Å². The third-order valence-corrected chi connectivity index (χ3v) is 13.2. The van der Waals surface area contributed by atoms with Crippen LogP contribution in [0.1, 0.15) is 0 Å². The summed E-state index contributed by atoms with van der Waals surface area (Å²) in [6.45, 7) is 9.45. The number of furan rings is 1. The molecule has 5 aromatic rings. The van der Waals surface area contributed by atoms with Gasteiger partial charge in [-0.05, 0) is 36.4 Å². The summed E-state index contributed by atoms with van der Waals surface area (Å²) in [7, 11) is -3.78. The molecule has 0 bridgehead atoms. The van der Waals surface area contributed by atoms with E-state index in [9.17, 15) is 0 Å². The molecule has 0 aliphatic carbocycles. The first-order valence-corrected chi connectivity index (χ1v) is 16.7. The van der Waals surface area contributed by atoms with Gasteiger partial charge in [-0.25, -0.2) is 0 Å². The van der Waals surface area contributed by atoms with E-state index in [2.05, 4.69) is 96.8 Å². The zero-order valence-corrected chi connectivity index (χ0v) is 20.4. The molecular formula is C26H26N2OSi2. The Morgan fingerprint density at radius 2 is 1.03 bits per heavy atom. The third-order valence-electron chi connectivity index (χ3n) is 6.52. The Balaban J connectivity index is 1.66. The van der Waals surface area contributed by atoms with Crippen molar-refractivity contribution in [2.45, 2.75) is 26.2 Å². The zero-order valence-electron chi connectivity index (χ0n) is 18.4. The van der Waals surface area contributed by atoms with Gasteiger partial charge in [-0.15, -0.1) is 0 Å². The summed E-state index contributed by atoms with van der Waals surface area (Å²) in [5.74, 6) is 0. The minimum absolute atomic E-state index is 0.944. The van der Waals surface area contributed by atoms with Gasteiger partial charge >= 0.3 is 0 Å². The minimum Gasteiger partial charge on any atom is -0.456 e. The molecule has 0 spiro atoms. The molecule has 5 rings (SSSR count). The number of benzene rings is 2. The summed E-state index contributed by atoms with van der Waals surface area (Å²) >= 11 is 0. The summed E-state index contributed by atoms with van der Waals surface area (Å²) in [6, 6.07) is 25.8. The zero-order chi connectivity index (χ0) is 21.6. The van der Waals surface area contributed by atoms with Crippen molar-refractivity contribution in [3.05, 3.63) is 85.2 Å². The summed E-state index contributed by atoms with van der Waals surface area (Å²) < 4.78 is 6.20. The van der Waals surface area contributed by atoms with E-state index in [1.807, 2.05) is 24.5 Å². The Bertz CT molecular complexity index is 1270. The Morgan fingerprint density at radius 1 is 0.581 bits per heavy atom. The van der Waals surface area contributed by atoms with E-state index in [4.69, 9.17) is 4.42 Å². The number of fused-ring (bicyclic) bond motifs is 3. The summed E-state index contributed by atoms with van der Waals surface area (Å²) in [4.78, 5) is 9.35. The number of nitrogens with zero attached hydrogens (tertiary/aromatic N) is 2. The monoisotopic (exact) mass is 438 g/mol. The van der Waals surface area contributed by atoms with Crippen molar-refractivity contribution in [1.29, 1.82) is 0 Å². The smallest absolute Gasteiger partial charge is 0.135 e. The van der Waals surface area contributed by atoms with Gasteiger partial charge in [0.25, 0.3) is 0 Å². The van der Waals surface area contributed by atoms with E-state index in [0.717, 1.165) is 11.2 Å². The summed E-state index contributed by atoms with van der Waals surface area (Å²) in [5.41, 5.74) is 1.89. The Hall–Kier alpha value is -3.03. The van der Waals surface area contributed by atoms with Gasteiger partial charge in [0, 0.05) is 33.8 Å². The fourth-order valence-corrected chi connectivity index (χ4v) is 8.74. The molecule has 0 atom stereocenters. The number of hydrogen-bond donors (Lipinski definition) is 0. The fourth-order valence-electron chi connectivity index (χ4n) is 4.32. The summed E-state index contributed by atoms with van der Waals surface area (Å²) in [6.07, 6.45) is 3.79. The number of hydrogen-bond acceptors (Lipinski definition) is 3. The molecule has 0 aliphatic rings. The maximum Gasteiger partial charge on any atom is 0.135 e. The van der Waals surface area contributed by atoms with Gasteiger partial charge in [0.1, 0.15) is 27.3 Å². The minimum atomic E-state index is -1.89. The van der Waals surface area contributed by atoms with Crippen LogP contribution in [0, 0.1) is 0 Å². The van der Waals surface area contributed by atoms with Crippen LogP contribution < -0.4 is 21.0 Å². The lowest BCUT2D eigenvalue weighted by Gasteiger charge is -2.22. The highest BCUT2D eigenvalue weighted by molar-refractivity contribution is 7.00. The molecule has 3 nitrogen and oxygen atoms in total. The highest BCUT2D eigenvalue weighted by Crippen LogP contribution is 2.28. The Kier molecular flexibility index (Phi) is 4.68. The molecule has 3 aromatic heterocycles. The standard InChI is InChI=1S/C26H26N2OSi2/c1-30(2,25-9-5-7-15-27-25)19-11-13-23-21(17-19)22-18-20(12-14-24(22)29-23)31(3,4)26-10-6-8-16-28-26/h5-18H,1-4H3. The van der Waals surface area contributed by atoms with Gasteiger partial charge in [0.15, 0.2) is 0 Å². The first-order chi connectivity index (χ1) is 14.9. The molecule has 0 fully saturated rings. The Morgan fingerprint density at radius 3 is 1.42 bits per heavy atom. The molecule has 0 N–H and O–H groups in total. The van der Waals surface area contributed by atoms with Gasteiger partial charge in [0.05, 0.1) is 0 Å². The topological polar surface area (TPSA) is 38.9 Å². The molecular weight excluding hydrogens is 412 g/mol. The van der Waals surface area contributed by atoms with Crippen LogP contribution in [-0.4, -0.2) is 26.1 Å². The lowest BCUT2D eigenvalue weighted by atomic mass is 10.1. The van der Waals surface area contributed by atoms with Crippen molar-refractivity contribution < 1.29 is 4.42 Å². The third kappa shape index (κ3) is 3.34. The van der Waals surface area contributed by atoms with Crippen LogP contribution in [0.15, 0.2) is 89.6 Å². The SMILES string of the molecule is C[Si](C)(c1ccc2oc3ccc([Si](C)(C)c4ccccn4)cc3c2c1)c1ccccn1. The fraction of sp³-hybridized carbons (Fsp3) is 0.154. The number of pyridine rings is 2. The summed E-state index contributed by atoms with van der Waals surface area (Å²) in [5, 5.41) is 7.52. The number of aromatic nitrogens is 2. The molecule has 3 heterocycles. The molecule has 0 aliphatic heterocycles.